The molecule has 17 heavy (non-hydrogen) atoms. The van der Waals surface area contributed by atoms with Crippen molar-refractivity contribution in [3.05, 3.63) is 0 Å². The predicted octanol–water partition coefficient (Wildman–Crippen LogP) is 0.263. The molecule has 1 aliphatic rings. The molecule has 0 aliphatic heterocycles. The second kappa shape index (κ2) is 6.44. The molecule has 1 aliphatic carbocycles. The number of urea groups is 1. The number of aliphatic carboxylic acids is 1. The summed E-state index contributed by atoms with van der Waals surface area (Å²) in [4.78, 5) is 23.8. The van der Waals surface area contributed by atoms with Gasteiger partial charge in [0.1, 0.15) is 0 Å². The summed E-state index contributed by atoms with van der Waals surface area (Å²) >= 11 is 0. The highest BCUT2D eigenvalue weighted by molar-refractivity contribution is 5.76. The van der Waals surface area contributed by atoms with E-state index < -0.39 is 12.1 Å². The van der Waals surface area contributed by atoms with E-state index in [1.165, 1.54) is 0 Å². The highest BCUT2D eigenvalue weighted by Crippen LogP contribution is 2.29. The number of carbonyl (C=O) groups is 2. The third-order valence-electron chi connectivity index (χ3n) is 2.69. The molecule has 1 saturated carbocycles. The first-order valence-electron chi connectivity index (χ1n) is 5.98. The lowest BCUT2D eigenvalue weighted by molar-refractivity contribution is -0.146. The first-order valence-corrected chi connectivity index (χ1v) is 5.98. The van der Waals surface area contributed by atoms with E-state index in [0.717, 1.165) is 25.8 Å². The zero-order valence-corrected chi connectivity index (χ0v) is 10.1. The number of hydrogen-bond acceptors (Lipinski definition) is 3. The molecule has 0 spiro atoms. The van der Waals surface area contributed by atoms with Crippen LogP contribution in [-0.4, -0.2) is 52.9 Å². The van der Waals surface area contributed by atoms with Crippen LogP contribution in [0.4, 0.5) is 4.79 Å². The van der Waals surface area contributed by atoms with Crippen molar-refractivity contribution in [1.29, 1.82) is 0 Å². The highest BCUT2D eigenvalue weighted by Gasteiger charge is 2.26. The van der Waals surface area contributed by atoms with Crippen molar-refractivity contribution < 1.29 is 19.8 Å². The van der Waals surface area contributed by atoms with Crippen molar-refractivity contribution >= 4 is 12.0 Å². The van der Waals surface area contributed by atoms with Gasteiger partial charge in [-0.25, -0.2) is 9.59 Å². The Morgan fingerprint density at radius 2 is 2.12 bits per heavy atom. The van der Waals surface area contributed by atoms with Gasteiger partial charge in [0.05, 0.1) is 6.54 Å². The van der Waals surface area contributed by atoms with Crippen molar-refractivity contribution in [2.24, 2.45) is 5.92 Å². The summed E-state index contributed by atoms with van der Waals surface area (Å²) in [6, 6.07) is -0.293. The molecule has 0 heterocycles. The van der Waals surface area contributed by atoms with Gasteiger partial charge < -0.3 is 20.4 Å². The lowest BCUT2D eigenvalue weighted by Gasteiger charge is -2.22. The minimum Gasteiger partial charge on any atom is -0.479 e. The Hall–Kier alpha value is -1.30. The van der Waals surface area contributed by atoms with Crippen LogP contribution in [0.25, 0.3) is 0 Å². The number of aliphatic hydroxyl groups excluding tert-OH is 1. The molecule has 0 unspecified atom stereocenters. The van der Waals surface area contributed by atoms with Crippen molar-refractivity contribution in [1.82, 2.24) is 10.2 Å². The number of hydrogen-bond donors (Lipinski definition) is 3. The molecule has 6 heteroatoms. The Kier molecular flexibility index (Phi) is 5.21. The molecule has 3 N–H and O–H groups in total. The van der Waals surface area contributed by atoms with Gasteiger partial charge in [0.15, 0.2) is 6.10 Å². The van der Waals surface area contributed by atoms with Gasteiger partial charge in [-0.3, -0.25) is 0 Å². The van der Waals surface area contributed by atoms with E-state index in [-0.39, 0.29) is 12.6 Å². The summed E-state index contributed by atoms with van der Waals surface area (Å²) in [5.74, 6) is -0.730. The average Bonchev–Trinajstić information content (AvgIpc) is 3.08. The molecule has 1 rings (SSSR count). The number of nitrogens with zero attached hydrogens (tertiary/aromatic N) is 1. The number of amides is 2. The zero-order valence-electron chi connectivity index (χ0n) is 10.1. The number of rotatable bonds is 7. The summed E-state index contributed by atoms with van der Waals surface area (Å²) in [5.41, 5.74) is 0. The fourth-order valence-electron chi connectivity index (χ4n) is 1.54. The van der Waals surface area contributed by atoms with Crippen molar-refractivity contribution in [2.75, 3.05) is 19.6 Å². The highest BCUT2D eigenvalue weighted by atomic mass is 16.4. The van der Waals surface area contributed by atoms with Crippen LogP contribution in [0.15, 0.2) is 0 Å². The van der Waals surface area contributed by atoms with Gasteiger partial charge in [-0.1, -0.05) is 6.92 Å². The molecule has 2 amide bonds. The first-order chi connectivity index (χ1) is 8.04. The zero-order chi connectivity index (χ0) is 12.8. The number of carboxylic acids is 1. The second-order valence-corrected chi connectivity index (χ2v) is 4.43. The molecule has 98 valence electrons. The lowest BCUT2D eigenvalue weighted by atomic mass is 10.3. The van der Waals surface area contributed by atoms with Crippen LogP contribution in [0.1, 0.15) is 26.2 Å². The predicted molar refractivity (Wildman–Crippen MR) is 61.6 cm³/mol. The van der Waals surface area contributed by atoms with Crippen LogP contribution in [0.3, 0.4) is 0 Å². The van der Waals surface area contributed by atoms with Crippen LogP contribution in [0.5, 0.6) is 0 Å². The molecule has 0 bridgehead atoms. The summed E-state index contributed by atoms with van der Waals surface area (Å²) in [6.07, 6.45) is 1.64. The minimum absolute atomic E-state index is 0.251. The maximum atomic E-state index is 11.7. The fourth-order valence-corrected chi connectivity index (χ4v) is 1.54. The van der Waals surface area contributed by atoms with Gasteiger partial charge in [0, 0.05) is 13.1 Å². The Bertz CT molecular complexity index is 279. The van der Waals surface area contributed by atoms with E-state index in [4.69, 9.17) is 10.2 Å². The van der Waals surface area contributed by atoms with Crippen LogP contribution in [0.2, 0.25) is 0 Å². The number of carboxylic acid groups (broad SMARTS) is 1. The number of nitrogens with one attached hydrogen (secondary N) is 1. The maximum absolute atomic E-state index is 11.7. The molecule has 6 nitrogen and oxygen atoms in total. The smallest absolute Gasteiger partial charge is 0.334 e. The van der Waals surface area contributed by atoms with Gasteiger partial charge in [-0.15, -0.1) is 0 Å². The van der Waals surface area contributed by atoms with Crippen LogP contribution >= 0.6 is 0 Å². The third-order valence-corrected chi connectivity index (χ3v) is 2.69. The molecule has 0 saturated heterocycles. The molecule has 1 atom stereocenters. The van der Waals surface area contributed by atoms with E-state index in [0.29, 0.717) is 12.5 Å². The van der Waals surface area contributed by atoms with Crippen LogP contribution in [0, 0.1) is 5.92 Å². The van der Waals surface area contributed by atoms with Crippen LogP contribution in [-0.2, 0) is 4.79 Å². The average molecular weight is 244 g/mol. The SMILES string of the molecule is CCCN(CC1CC1)C(=O)NC[C@H](O)C(=O)O. The summed E-state index contributed by atoms with van der Waals surface area (Å²) in [5, 5.41) is 20.0. The second-order valence-electron chi connectivity index (χ2n) is 4.43. The monoisotopic (exact) mass is 244 g/mol. The topological polar surface area (TPSA) is 89.9 Å². The minimum atomic E-state index is -1.54. The maximum Gasteiger partial charge on any atom is 0.334 e. The van der Waals surface area contributed by atoms with Gasteiger partial charge in [-0.2, -0.15) is 0 Å². The number of carbonyl (C=O) groups excluding carboxylic acids is 1. The fraction of sp³-hybridized carbons (Fsp3) is 0.818. The Morgan fingerprint density at radius 1 is 1.47 bits per heavy atom. The molecule has 0 aromatic carbocycles. The summed E-state index contributed by atoms with van der Waals surface area (Å²) in [6.45, 7) is 3.12. The Labute approximate surface area is 101 Å². The van der Waals surface area contributed by atoms with Gasteiger partial charge in [-0.05, 0) is 25.2 Å². The van der Waals surface area contributed by atoms with Gasteiger partial charge in [0.2, 0.25) is 0 Å². The van der Waals surface area contributed by atoms with E-state index >= 15 is 0 Å². The first kappa shape index (κ1) is 13.8. The molecular weight excluding hydrogens is 224 g/mol. The lowest BCUT2D eigenvalue weighted by Crippen LogP contribution is -2.45. The van der Waals surface area contributed by atoms with E-state index in [1.807, 2.05) is 6.92 Å². The summed E-state index contributed by atoms with van der Waals surface area (Å²) < 4.78 is 0. The van der Waals surface area contributed by atoms with E-state index in [1.54, 1.807) is 4.90 Å². The van der Waals surface area contributed by atoms with E-state index in [2.05, 4.69) is 5.32 Å². The van der Waals surface area contributed by atoms with Gasteiger partial charge in [0.25, 0.3) is 0 Å². The Balaban J connectivity index is 2.32. The quantitative estimate of drug-likeness (QED) is 0.599. The normalized spacial score (nSPS) is 16.4. The van der Waals surface area contributed by atoms with Crippen molar-refractivity contribution in [3.63, 3.8) is 0 Å². The molecule has 0 radical (unpaired) electrons. The van der Waals surface area contributed by atoms with Crippen molar-refractivity contribution in [3.8, 4) is 0 Å². The van der Waals surface area contributed by atoms with Crippen molar-refractivity contribution in [2.45, 2.75) is 32.3 Å². The summed E-state index contributed by atoms with van der Waals surface area (Å²) in [7, 11) is 0. The molecule has 1 fully saturated rings. The number of aliphatic hydroxyl groups is 1. The largest absolute Gasteiger partial charge is 0.479 e. The molecule has 0 aromatic rings. The third kappa shape index (κ3) is 5.04. The Morgan fingerprint density at radius 3 is 2.59 bits per heavy atom. The standard InChI is InChI=1S/C11H20N2O4/c1-2-5-13(7-8-3-4-8)11(17)12-6-9(14)10(15)16/h8-9,14H,2-7H2,1H3,(H,12,17)(H,15,16)/t9-/m0/s1. The molecular formula is C11H20N2O4. The van der Waals surface area contributed by atoms with Gasteiger partial charge >= 0.3 is 12.0 Å². The molecule has 0 aromatic heterocycles. The van der Waals surface area contributed by atoms with Crippen LogP contribution < -0.4 is 5.32 Å². The van der Waals surface area contributed by atoms with E-state index in [9.17, 15) is 9.59 Å².